The molecule has 0 saturated carbocycles. The SMILES string of the molecule is CN1CCN(C(=O)c2cccc(N3CCCCS3(=O)=O)c2)C(C(=O)N(C)C)C1. The van der Waals surface area contributed by atoms with Crippen LogP contribution in [0, 0.1) is 0 Å². The number of carbonyl (C=O) groups excluding carboxylic acids is 2. The van der Waals surface area contributed by atoms with E-state index in [4.69, 9.17) is 0 Å². The van der Waals surface area contributed by atoms with Crippen LogP contribution in [0.25, 0.3) is 0 Å². The highest BCUT2D eigenvalue weighted by Crippen LogP contribution is 2.25. The molecule has 1 aromatic rings. The number of sulfonamides is 1. The molecule has 2 aliphatic rings. The minimum absolute atomic E-state index is 0.116. The topological polar surface area (TPSA) is 81.2 Å². The largest absolute Gasteiger partial charge is 0.347 e. The monoisotopic (exact) mass is 408 g/mol. The van der Waals surface area contributed by atoms with Crippen LogP contribution < -0.4 is 4.31 Å². The minimum atomic E-state index is -3.35. The van der Waals surface area contributed by atoms with Crippen molar-refractivity contribution in [2.24, 2.45) is 0 Å². The Balaban J connectivity index is 1.88. The zero-order valence-corrected chi connectivity index (χ0v) is 17.5. The lowest BCUT2D eigenvalue weighted by molar-refractivity contribution is -0.135. The van der Waals surface area contributed by atoms with E-state index >= 15 is 0 Å². The molecular formula is C19H28N4O4S. The molecule has 154 valence electrons. The van der Waals surface area contributed by atoms with Crippen molar-refractivity contribution in [3.8, 4) is 0 Å². The first kappa shape index (κ1) is 20.6. The molecule has 1 aromatic carbocycles. The van der Waals surface area contributed by atoms with Crippen LogP contribution in [0.1, 0.15) is 23.2 Å². The Morgan fingerprint density at radius 1 is 1.11 bits per heavy atom. The number of rotatable bonds is 3. The molecule has 2 aliphatic heterocycles. The molecule has 2 amide bonds. The van der Waals surface area contributed by atoms with Crippen molar-refractivity contribution < 1.29 is 18.0 Å². The van der Waals surface area contributed by atoms with E-state index in [9.17, 15) is 18.0 Å². The zero-order valence-electron chi connectivity index (χ0n) is 16.7. The van der Waals surface area contributed by atoms with Gasteiger partial charge in [-0.3, -0.25) is 13.9 Å². The molecule has 28 heavy (non-hydrogen) atoms. The Hall–Kier alpha value is -2.13. The van der Waals surface area contributed by atoms with Gasteiger partial charge in [0, 0.05) is 45.8 Å². The summed E-state index contributed by atoms with van der Waals surface area (Å²) in [6.45, 7) is 2.04. The predicted octanol–water partition coefficient (Wildman–Crippen LogP) is 0.461. The van der Waals surface area contributed by atoms with Gasteiger partial charge in [-0.1, -0.05) is 6.07 Å². The molecule has 1 atom stereocenters. The van der Waals surface area contributed by atoms with Crippen LogP contribution in [-0.4, -0.2) is 94.0 Å². The normalized spacial score (nSPS) is 22.8. The van der Waals surface area contributed by atoms with Gasteiger partial charge in [-0.2, -0.15) is 0 Å². The van der Waals surface area contributed by atoms with Gasteiger partial charge >= 0.3 is 0 Å². The lowest BCUT2D eigenvalue weighted by Gasteiger charge is -2.40. The maximum absolute atomic E-state index is 13.2. The first-order valence-electron chi connectivity index (χ1n) is 9.52. The number of likely N-dealkylation sites (N-methyl/N-ethyl adjacent to an activating group) is 2. The molecule has 0 radical (unpaired) electrons. The number of anilines is 1. The molecule has 0 aliphatic carbocycles. The van der Waals surface area contributed by atoms with Crippen LogP contribution in [0.2, 0.25) is 0 Å². The molecule has 0 N–H and O–H groups in total. The molecule has 3 rings (SSSR count). The molecule has 2 fully saturated rings. The van der Waals surface area contributed by atoms with Gasteiger partial charge < -0.3 is 14.7 Å². The van der Waals surface area contributed by atoms with Gasteiger partial charge in [0.25, 0.3) is 5.91 Å². The Bertz CT molecular complexity index is 855. The second kappa shape index (κ2) is 8.08. The first-order chi connectivity index (χ1) is 13.2. The fraction of sp³-hybridized carbons (Fsp3) is 0.579. The maximum atomic E-state index is 13.2. The average molecular weight is 409 g/mol. The van der Waals surface area contributed by atoms with Crippen molar-refractivity contribution in [2.75, 3.05) is 57.4 Å². The van der Waals surface area contributed by atoms with E-state index in [0.29, 0.717) is 43.9 Å². The Morgan fingerprint density at radius 3 is 2.54 bits per heavy atom. The quantitative estimate of drug-likeness (QED) is 0.726. The van der Waals surface area contributed by atoms with E-state index in [1.807, 2.05) is 11.9 Å². The van der Waals surface area contributed by atoms with E-state index in [2.05, 4.69) is 0 Å². The molecule has 8 nitrogen and oxygen atoms in total. The summed E-state index contributed by atoms with van der Waals surface area (Å²) < 4.78 is 26.2. The third-order valence-electron chi connectivity index (χ3n) is 5.30. The molecule has 9 heteroatoms. The Morgan fingerprint density at radius 2 is 1.86 bits per heavy atom. The lowest BCUT2D eigenvalue weighted by Crippen LogP contribution is -2.59. The van der Waals surface area contributed by atoms with Crippen molar-refractivity contribution in [1.82, 2.24) is 14.7 Å². The number of nitrogens with zero attached hydrogens (tertiary/aromatic N) is 4. The Kier molecular flexibility index (Phi) is 5.95. The van der Waals surface area contributed by atoms with Crippen molar-refractivity contribution >= 4 is 27.5 Å². The van der Waals surface area contributed by atoms with Crippen molar-refractivity contribution in [3.63, 3.8) is 0 Å². The molecular weight excluding hydrogens is 380 g/mol. The highest BCUT2D eigenvalue weighted by atomic mass is 32.2. The third-order valence-corrected chi connectivity index (χ3v) is 7.17. The number of hydrogen-bond acceptors (Lipinski definition) is 5. The van der Waals surface area contributed by atoms with Crippen LogP contribution in [0.15, 0.2) is 24.3 Å². The van der Waals surface area contributed by atoms with Crippen LogP contribution >= 0.6 is 0 Å². The summed E-state index contributed by atoms with van der Waals surface area (Å²) in [5.41, 5.74) is 0.912. The second-order valence-electron chi connectivity index (χ2n) is 7.65. The first-order valence-corrected chi connectivity index (χ1v) is 11.1. The number of piperazine rings is 1. The van der Waals surface area contributed by atoms with Crippen LogP contribution in [0.5, 0.6) is 0 Å². The summed E-state index contributed by atoms with van der Waals surface area (Å²) in [7, 11) is 1.95. The molecule has 0 aromatic heterocycles. The fourth-order valence-electron chi connectivity index (χ4n) is 3.71. The molecule has 2 heterocycles. The molecule has 0 spiro atoms. The summed E-state index contributed by atoms with van der Waals surface area (Å²) in [4.78, 5) is 31.0. The summed E-state index contributed by atoms with van der Waals surface area (Å²) in [6.07, 6.45) is 1.46. The van der Waals surface area contributed by atoms with Crippen molar-refractivity contribution in [3.05, 3.63) is 29.8 Å². The van der Waals surface area contributed by atoms with Gasteiger partial charge in [0.1, 0.15) is 6.04 Å². The van der Waals surface area contributed by atoms with E-state index in [-0.39, 0.29) is 17.6 Å². The predicted molar refractivity (Wildman–Crippen MR) is 108 cm³/mol. The van der Waals surface area contributed by atoms with Crippen molar-refractivity contribution in [2.45, 2.75) is 18.9 Å². The van der Waals surface area contributed by atoms with E-state index < -0.39 is 16.1 Å². The summed E-state index contributed by atoms with van der Waals surface area (Å²) in [5.74, 6) is -0.234. The second-order valence-corrected chi connectivity index (χ2v) is 9.67. The minimum Gasteiger partial charge on any atom is -0.347 e. The fourth-order valence-corrected chi connectivity index (χ4v) is 5.34. The Labute approximate surface area is 166 Å². The van der Waals surface area contributed by atoms with Gasteiger partial charge in [0.15, 0.2) is 0 Å². The smallest absolute Gasteiger partial charge is 0.254 e. The maximum Gasteiger partial charge on any atom is 0.254 e. The van der Waals surface area contributed by atoms with Crippen molar-refractivity contribution in [1.29, 1.82) is 0 Å². The number of hydrogen-bond donors (Lipinski definition) is 0. The highest BCUT2D eigenvalue weighted by molar-refractivity contribution is 7.92. The third kappa shape index (κ3) is 4.15. The standard InChI is InChI=1S/C19H28N4O4S/c1-20(2)19(25)17-14-21(3)10-11-22(17)18(24)15-7-6-8-16(13-15)23-9-4-5-12-28(23,26)27/h6-8,13,17H,4-5,9-12,14H2,1-3H3. The summed E-state index contributed by atoms with van der Waals surface area (Å²) in [5, 5.41) is 0. The highest BCUT2D eigenvalue weighted by Gasteiger charge is 2.36. The number of benzene rings is 1. The summed E-state index contributed by atoms with van der Waals surface area (Å²) in [6, 6.07) is 6.17. The zero-order chi connectivity index (χ0) is 20.5. The van der Waals surface area contributed by atoms with Crippen LogP contribution in [0.3, 0.4) is 0 Å². The van der Waals surface area contributed by atoms with E-state index in [1.165, 1.54) is 9.21 Å². The number of carbonyl (C=O) groups is 2. The number of amides is 2. The van der Waals surface area contributed by atoms with E-state index in [0.717, 1.165) is 6.42 Å². The molecule has 1 unspecified atom stereocenters. The van der Waals surface area contributed by atoms with Gasteiger partial charge in [-0.05, 0) is 38.1 Å². The lowest BCUT2D eigenvalue weighted by atomic mass is 10.1. The van der Waals surface area contributed by atoms with E-state index in [1.54, 1.807) is 43.3 Å². The van der Waals surface area contributed by atoms with Crippen LogP contribution in [-0.2, 0) is 14.8 Å². The summed E-state index contributed by atoms with van der Waals surface area (Å²) >= 11 is 0. The van der Waals surface area contributed by atoms with Gasteiger partial charge in [-0.15, -0.1) is 0 Å². The van der Waals surface area contributed by atoms with Gasteiger partial charge in [0.05, 0.1) is 11.4 Å². The molecule has 0 bridgehead atoms. The molecule has 2 saturated heterocycles. The van der Waals surface area contributed by atoms with Gasteiger partial charge in [0.2, 0.25) is 15.9 Å². The average Bonchev–Trinajstić information content (AvgIpc) is 2.66. The van der Waals surface area contributed by atoms with Crippen LogP contribution in [0.4, 0.5) is 5.69 Å². The van der Waals surface area contributed by atoms with Gasteiger partial charge in [-0.25, -0.2) is 8.42 Å².